The van der Waals surface area contributed by atoms with Gasteiger partial charge in [-0.3, -0.25) is 9.78 Å². The van der Waals surface area contributed by atoms with Crippen molar-refractivity contribution in [2.75, 3.05) is 11.9 Å². The fraction of sp³-hybridized carbons (Fsp3) is 0.333. The van der Waals surface area contributed by atoms with Gasteiger partial charge >= 0.3 is 6.18 Å². The number of amides is 1. The van der Waals surface area contributed by atoms with E-state index in [0.717, 1.165) is 19.0 Å². The summed E-state index contributed by atoms with van der Waals surface area (Å²) in [5.74, 6) is 0.747. The molecule has 3 aromatic rings. The van der Waals surface area contributed by atoms with Crippen LogP contribution in [0.5, 0.6) is 0 Å². The number of hydrogen-bond acceptors (Lipinski definition) is 7. The number of alkyl halides is 3. The number of hydrogen-bond donors (Lipinski definition) is 1. The zero-order chi connectivity index (χ0) is 22.3. The summed E-state index contributed by atoms with van der Waals surface area (Å²) in [7, 11) is 0. The molecule has 164 valence electrons. The normalized spacial score (nSPS) is 22.2. The van der Waals surface area contributed by atoms with Crippen LogP contribution in [-0.2, 0) is 6.18 Å². The first-order valence-corrected chi connectivity index (χ1v) is 10.1. The lowest BCUT2D eigenvalue weighted by Gasteiger charge is -2.34. The van der Waals surface area contributed by atoms with Crippen molar-refractivity contribution in [3.8, 4) is 11.4 Å². The first-order chi connectivity index (χ1) is 15.4. The zero-order valence-corrected chi connectivity index (χ0v) is 16.7. The lowest BCUT2D eigenvalue weighted by atomic mass is 10.0. The molecule has 2 aliphatic rings. The minimum Gasteiger partial charge on any atom is -0.364 e. The number of rotatable bonds is 4. The molecule has 0 aromatic carbocycles. The molecule has 1 saturated carbocycles. The summed E-state index contributed by atoms with van der Waals surface area (Å²) in [4.78, 5) is 35.3. The molecule has 5 rings (SSSR count). The number of carbonyl (C=O) groups is 1. The van der Waals surface area contributed by atoms with E-state index in [9.17, 15) is 18.0 Å². The molecule has 1 aliphatic carbocycles. The summed E-state index contributed by atoms with van der Waals surface area (Å²) in [6, 6.07) is 4.93. The highest BCUT2D eigenvalue weighted by molar-refractivity contribution is 5.98. The highest BCUT2D eigenvalue weighted by atomic mass is 19.4. The number of pyridine rings is 1. The van der Waals surface area contributed by atoms with E-state index in [0.29, 0.717) is 30.0 Å². The van der Waals surface area contributed by atoms with Crippen molar-refractivity contribution in [2.24, 2.45) is 5.92 Å². The largest absolute Gasteiger partial charge is 0.434 e. The second-order valence-corrected chi connectivity index (χ2v) is 7.87. The van der Waals surface area contributed by atoms with Gasteiger partial charge in [0.2, 0.25) is 0 Å². The molecular weight excluding hydrogens is 423 g/mol. The lowest BCUT2D eigenvalue weighted by molar-refractivity contribution is -0.141. The van der Waals surface area contributed by atoms with Crippen LogP contribution in [-0.4, -0.2) is 54.4 Å². The second kappa shape index (κ2) is 7.81. The van der Waals surface area contributed by atoms with Gasteiger partial charge in [-0.15, -0.1) is 0 Å². The molecule has 4 heterocycles. The van der Waals surface area contributed by atoms with Crippen LogP contribution in [0.25, 0.3) is 11.4 Å². The van der Waals surface area contributed by atoms with E-state index >= 15 is 0 Å². The van der Waals surface area contributed by atoms with Gasteiger partial charge in [-0.05, 0) is 37.0 Å². The Labute approximate surface area is 181 Å². The average molecular weight is 441 g/mol. The molecule has 11 heteroatoms. The van der Waals surface area contributed by atoms with Crippen molar-refractivity contribution in [1.82, 2.24) is 29.8 Å². The first-order valence-electron chi connectivity index (χ1n) is 10.1. The number of likely N-dealkylation sites (tertiary alicyclic amines) is 1. The summed E-state index contributed by atoms with van der Waals surface area (Å²) in [5, 5.41) is 3.15. The number of nitrogens with one attached hydrogen (secondary N) is 1. The summed E-state index contributed by atoms with van der Waals surface area (Å²) < 4.78 is 38.2. The predicted molar refractivity (Wildman–Crippen MR) is 107 cm³/mol. The molecule has 0 spiro atoms. The highest BCUT2D eigenvalue weighted by Crippen LogP contribution is 2.40. The van der Waals surface area contributed by atoms with Gasteiger partial charge in [0.05, 0.1) is 24.0 Å². The smallest absolute Gasteiger partial charge is 0.364 e. The van der Waals surface area contributed by atoms with Crippen molar-refractivity contribution in [1.29, 1.82) is 0 Å². The molecule has 1 N–H and O–H groups in total. The molecule has 3 aromatic heterocycles. The molecule has 1 saturated heterocycles. The Morgan fingerprint density at radius 1 is 1.00 bits per heavy atom. The van der Waals surface area contributed by atoms with Crippen LogP contribution in [0.2, 0.25) is 0 Å². The van der Waals surface area contributed by atoms with Gasteiger partial charge in [0.1, 0.15) is 11.5 Å². The predicted octanol–water partition coefficient (Wildman–Crippen LogP) is 3.06. The van der Waals surface area contributed by atoms with E-state index < -0.39 is 11.9 Å². The van der Waals surface area contributed by atoms with E-state index in [-0.39, 0.29) is 29.5 Å². The quantitative estimate of drug-likeness (QED) is 0.665. The zero-order valence-electron chi connectivity index (χ0n) is 16.7. The van der Waals surface area contributed by atoms with Crippen molar-refractivity contribution in [3.05, 3.63) is 60.6 Å². The van der Waals surface area contributed by atoms with Gasteiger partial charge in [0.25, 0.3) is 5.91 Å². The summed E-state index contributed by atoms with van der Waals surface area (Å²) in [5.41, 5.74) is -0.211. The fourth-order valence-corrected chi connectivity index (χ4v) is 4.48. The molecule has 3 atom stereocenters. The number of halogens is 3. The lowest BCUT2D eigenvalue weighted by Crippen LogP contribution is -2.48. The van der Waals surface area contributed by atoms with Crippen LogP contribution in [0.4, 0.5) is 19.0 Å². The highest BCUT2D eigenvalue weighted by Gasteiger charge is 2.47. The van der Waals surface area contributed by atoms with Crippen LogP contribution in [0.15, 0.2) is 49.2 Å². The minimum absolute atomic E-state index is 0.122. The van der Waals surface area contributed by atoms with E-state index in [1.54, 1.807) is 41.7 Å². The number of aromatic nitrogens is 5. The Hall–Kier alpha value is -3.63. The van der Waals surface area contributed by atoms with Crippen LogP contribution in [0.3, 0.4) is 0 Å². The molecular formula is C21H18F3N7O. The van der Waals surface area contributed by atoms with E-state index in [4.69, 9.17) is 0 Å². The van der Waals surface area contributed by atoms with Gasteiger partial charge in [-0.2, -0.15) is 13.2 Å². The molecule has 1 amide bonds. The van der Waals surface area contributed by atoms with E-state index in [1.807, 2.05) is 0 Å². The first kappa shape index (κ1) is 20.3. The van der Waals surface area contributed by atoms with Crippen molar-refractivity contribution in [2.45, 2.75) is 31.1 Å². The Morgan fingerprint density at radius 2 is 1.78 bits per heavy atom. The molecule has 32 heavy (non-hydrogen) atoms. The van der Waals surface area contributed by atoms with Crippen molar-refractivity contribution < 1.29 is 18.0 Å². The van der Waals surface area contributed by atoms with Gasteiger partial charge in [0.15, 0.2) is 11.5 Å². The minimum atomic E-state index is -4.54. The Bertz CT molecular complexity index is 1120. The molecule has 2 fully saturated rings. The number of carbonyl (C=O) groups excluding carboxylic acids is 1. The topological polar surface area (TPSA) is 96.8 Å². The third-order valence-corrected chi connectivity index (χ3v) is 5.84. The third-order valence-electron chi connectivity index (χ3n) is 5.84. The maximum atomic E-state index is 13.4. The molecule has 1 aliphatic heterocycles. The Balaban J connectivity index is 1.35. The van der Waals surface area contributed by atoms with Crippen LogP contribution < -0.4 is 5.32 Å². The molecule has 0 unspecified atom stereocenters. The SMILES string of the molecule is O=C(c1ncccc1-c1ncccn1)N1C[C@@H]2C[C@@H](Nc3cnc(C(F)(F)F)cn3)[C@@H]1C2. The number of fused-ring (bicyclic) bond motifs is 2. The Kier molecular flexibility index (Phi) is 4.95. The summed E-state index contributed by atoms with van der Waals surface area (Å²) >= 11 is 0. The molecule has 0 radical (unpaired) electrons. The van der Waals surface area contributed by atoms with Crippen LogP contribution >= 0.6 is 0 Å². The van der Waals surface area contributed by atoms with Crippen LogP contribution in [0, 0.1) is 5.92 Å². The molecule has 2 bridgehead atoms. The Morgan fingerprint density at radius 3 is 2.47 bits per heavy atom. The number of nitrogens with zero attached hydrogens (tertiary/aromatic N) is 6. The monoisotopic (exact) mass is 441 g/mol. The van der Waals surface area contributed by atoms with Crippen molar-refractivity contribution >= 4 is 11.7 Å². The van der Waals surface area contributed by atoms with Crippen LogP contribution in [0.1, 0.15) is 29.0 Å². The standard InChI is InChI=1S/C21H18F3N7O/c22-21(23,24)16-9-29-17(10-28-16)30-14-7-12-8-15(14)31(11-12)20(32)18-13(3-1-4-25-18)19-26-5-2-6-27-19/h1-6,9-10,12,14-15H,7-8,11H2,(H,29,30)/t12-,14-,15+/m1/s1. The maximum absolute atomic E-state index is 13.4. The molecule has 8 nitrogen and oxygen atoms in total. The van der Waals surface area contributed by atoms with Gasteiger partial charge in [-0.25, -0.2) is 19.9 Å². The van der Waals surface area contributed by atoms with Gasteiger partial charge in [0, 0.05) is 31.2 Å². The second-order valence-electron chi connectivity index (χ2n) is 7.87. The number of piperidine rings is 1. The fourth-order valence-electron chi connectivity index (χ4n) is 4.48. The van der Waals surface area contributed by atoms with E-state index in [2.05, 4.69) is 30.2 Å². The average Bonchev–Trinajstić information content (AvgIpc) is 3.40. The van der Waals surface area contributed by atoms with Crippen molar-refractivity contribution in [3.63, 3.8) is 0 Å². The maximum Gasteiger partial charge on any atom is 0.434 e. The number of anilines is 1. The van der Waals surface area contributed by atoms with E-state index in [1.165, 1.54) is 0 Å². The summed E-state index contributed by atoms with van der Waals surface area (Å²) in [6.45, 7) is 0.603. The van der Waals surface area contributed by atoms with Gasteiger partial charge < -0.3 is 10.2 Å². The third kappa shape index (κ3) is 3.74. The summed E-state index contributed by atoms with van der Waals surface area (Å²) in [6.07, 6.45) is 3.61. The van der Waals surface area contributed by atoms with Gasteiger partial charge in [-0.1, -0.05) is 0 Å².